The van der Waals surface area contributed by atoms with Crippen LogP contribution >= 0.6 is 0 Å². The van der Waals surface area contributed by atoms with Crippen LogP contribution in [0.25, 0.3) is 21.9 Å². The fourth-order valence-electron chi connectivity index (χ4n) is 4.68. The first-order valence-electron chi connectivity index (χ1n) is 12.8. The molecule has 0 aliphatic rings. The van der Waals surface area contributed by atoms with Crippen molar-refractivity contribution in [2.24, 2.45) is 0 Å². The molecule has 0 fully saturated rings. The lowest BCUT2D eigenvalue weighted by Crippen LogP contribution is -2.46. The second-order valence-electron chi connectivity index (χ2n) is 10.3. The number of benzene rings is 4. The third-order valence-electron chi connectivity index (χ3n) is 6.72. The number of hydrogen-bond acceptors (Lipinski definition) is 4. The van der Waals surface area contributed by atoms with E-state index in [9.17, 15) is 19.4 Å². The number of hydrogen-bond donors (Lipinski definition) is 3. The molecule has 2 atom stereocenters. The van der Waals surface area contributed by atoms with Gasteiger partial charge in [0.2, 0.25) is 0 Å². The van der Waals surface area contributed by atoms with Gasteiger partial charge in [0.05, 0.1) is 24.4 Å². The van der Waals surface area contributed by atoms with E-state index >= 15 is 0 Å². The van der Waals surface area contributed by atoms with Crippen molar-refractivity contribution in [2.45, 2.75) is 44.9 Å². The van der Waals surface area contributed by atoms with Crippen LogP contribution in [0.3, 0.4) is 0 Å². The standard InChI is InChI=1S/C32H34FNO4/c1-21(27-10-6-7-11-28(27)29-17-25(31(36)37)14-15-30(29)33)38-20-26(35)19-34-32(2,3)18-22-12-13-23-8-4-5-9-24(23)16-22/h4-17,21,26,34-35H,18-20H2,1-3H3,(H,36,37)/t21-,26-/m1/s1. The zero-order chi connectivity index (χ0) is 27.3. The third kappa shape index (κ3) is 6.84. The molecule has 4 aromatic carbocycles. The van der Waals surface area contributed by atoms with E-state index in [1.54, 1.807) is 12.1 Å². The van der Waals surface area contributed by atoms with Crippen LogP contribution in [0.1, 0.15) is 48.4 Å². The number of ether oxygens (including phenoxy) is 1. The highest BCUT2D eigenvalue weighted by atomic mass is 19.1. The average Bonchev–Trinajstić information content (AvgIpc) is 2.90. The molecular weight excluding hydrogens is 481 g/mol. The Balaban J connectivity index is 1.36. The summed E-state index contributed by atoms with van der Waals surface area (Å²) in [6.07, 6.45) is -0.386. The summed E-state index contributed by atoms with van der Waals surface area (Å²) in [5.74, 6) is -1.63. The van der Waals surface area contributed by atoms with Gasteiger partial charge in [0, 0.05) is 17.6 Å². The van der Waals surface area contributed by atoms with Crippen LogP contribution in [-0.4, -0.2) is 41.0 Å². The molecule has 38 heavy (non-hydrogen) atoms. The number of β-amino-alcohol motifs (C(OH)–C–C–N with tert-alkyl or cyclic N) is 1. The lowest BCUT2D eigenvalue weighted by atomic mass is 9.93. The van der Waals surface area contributed by atoms with Crippen molar-refractivity contribution in [2.75, 3.05) is 13.2 Å². The van der Waals surface area contributed by atoms with Crippen LogP contribution in [-0.2, 0) is 11.2 Å². The zero-order valence-electron chi connectivity index (χ0n) is 21.9. The molecule has 0 radical (unpaired) electrons. The first kappa shape index (κ1) is 27.5. The number of nitrogens with one attached hydrogen (secondary N) is 1. The third-order valence-corrected chi connectivity index (χ3v) is 6.72. The summed E-state index contributed by atoms with van der Waals surface area (Å²) in [5, 5.41) is 25.8. The number of aromatic carboxylic acids is 1. The van der Waals surface area contributed by atoms with Crippen molar-refractivity contribution >= 4 is 16.7 Å². The molecule has 0 aromatic heterocycles. The van der Waals surface area contributed by atoms with Gasteiger partial charge in [0.1, 0.15) is 5.82 Å². The molecule has 198 valence electrons. The first-order valence-corrected chi connectivity index (χ1v) is 12.8. The molecule has 4 rings (SSSR count). The van der Waals surface area contributed by atoms with Gasteiger partial charge in [0.25, 0.3) is 0 Å². The van der Waals surface area contributed by atoms with E-state index in [0.717, 1.165) is 12.5 Å². The smallest absolute Gasteiger partial charge is 0.335 e. The highest BCUT2D eigenvalue weighted by molar-refractivity contribution is 5.89. The minimum atomic E-state index is -1.12. The summed E-state index contributed by atoms with van der Waals surface area (Å²) in [4.78, 5) is 11.4. The number of fused-ring (bicyclic) bond motifs is 1. The van der Waals surface area contributed by atoms with Crippen molar-refractivity contribution in [1.82, 2.24) is 5.32 Å². The number of carbonyl (C=O) groups is 1. The van der Waals surface area contributed by atoms with Gasteiger partial charge in [-0.2, -0.15) is 0 Å². The van der Waals surface area contributed by atoms with E-state index in [4.69, 9.17) is 4.74 Å². The van der Waals surface area contributed by atoms with Crippen LogP contribution in [0.2, 0.25) is 0 Å². The second kappa shape index (κ2) is 11.9. The Hall–Kier alpha value is -3.58. The molecule has 0 bridgehead atoms. The van der Waals surface area contributed by atoms with E-state index < -0.39 is 24.0 Å². The molecule has 0 spiro atoms. The minimum Gasteiger partial charge on any atom is -0.478 e. The highest BCUT2D eigenvalue weighted by Gasteiger charge is 2.21. The van der Waals surface area contributed by atoms with Crippen LogP contribution in [0.15, 0.2) is 84.9 Å². The molecule has 0 unspecified atom stereocenters. The molecule has 0 saturated carbocycles. The molecule has 4 aromatic rings. The number of carboxylic acid groups (broad SMARTS) is 1. The Kier molecular flexibility index (Phi) is 8.57. The molecular formula is C32H34FNO4. The first-order chi connectivity index (χ1) is 18.1. The summed E-state index contributed by atoms with van der Waals surface area (Å²) < 4.78 is 20.6. The van der Waals surface area contributed by atoms with E-state index in [1.165, 1.54) is 28.5 Å². The molecule has 6 heteroatoms. The largest absolute Gasteiger partial charge is 0.478 e. The van der Waals surface area contributed by atoms with Crippen LogP contribution in [0.4, 0.5) is 4.39 Å². The summed E-state index contributed by atoms with van der Waals surface area (Å²) in [6.45, 7) is 6.49. The summed E-state index contributed by atoms with van der Waals surface area (Å²) in [5.41, 5.74) is 2.46. The summed E-state index contributed by atoms with van der Waals surface area (Å²) >= 11 is 0. The molecule has 0 aliphatic heterocycles. The summed E-state index contributed by atoms with van der Waals surface area (Å²) in [6, 6.07) is 25.7. The van der Waals surface area contributed by atoms with Crippen LogP contribution in [0.5, 0.6) is 0 Å². The molecule has 0 aliphatic carbocycles. The van der Waals surface area contributed by atoms with Gasteiger partial charge >= 0.3 is 5.97 Å². The Morgan fingerprint density at radius 1 is 0.947 bits per heavy atom. The zero-order valence-corrected chi connectivity index (χ0v) is 21.9. The molecule has 0 heterocycles. The Bertz CT molecular complexity index is 1420. The Labute approximate surface area is 222 Å². The van der Waals surface area contributed by atoms with Crippen LogP contribution < -0.4 is 5.32 Å². The molecule has 3 N–H and O–H groups in total. The maximum absolute atomic E-state index is 14.6. The maximum atomic E-state index is 14.6. The normalized spacial score (nSPS) is 13.4. The number of aliphatic hydroxyl groups excluding tert-OH is 1. The van der Waals surface area contributed by atoms with Gasteiger partial charge in [-0.25, -0.2) is 9.18 Å². The molecule has 0 amide bonds. The fraction of sp³-hybridized carbons (Fsp3) is 0.281. The summed E-state index contributed by atoms with van der Waals surface area (Å²) in [7, 11) is 0. The van der Waals surface area contributed by atoms with Crippen molar-refractivity contribution < 1.29 is 24.1 Å². The van der Waals surface area contributed by atoms with Crippen molar-refractivity contribution in [3.8, 4) is 11.1 Å². The predicted molar refractivity (Wildman–Crippen MR) is 149 cm³/mol. The number of aliphatic hydroxyl groups is 1. The molecule has 5 nitrogen and oxygen atoms in total. The quantitative estimate of drug-likeness (QED) is 0.216. The predicted octanol–water partition coefficient (Wildman–Crippen LogP) is 6.39. The van der Waals surface area contributed by atoms with Gasteiger partial charge in [-0.05, 0) is 72.9 Å². The van der Waals surface area contributed by atoms with Crippen molar-refractivity contribution in [3.63, 3.8) is 0 Å². The lowest BCUT2D eigenvalue weighted by molar-refractivity contribution is -0.00397. The van der Waals surface area contributed by atoms with Gasteiger partial charge < -0.3 is 20.3 Å². The van der Waals surface area contributed by atoms with Crippen LogP contribution in [0, 0.1) is 5.82 Å². The maximum Gasteiger partial charge on any atom is 0.335 e. The fourth-order valence-corrected chi connectivity index (χ4v) is 4.68. The van der Waals surface area contributed by atoms with Gasteiger partial charge in [-0.3, -0.25) is 0 Å². The van der Waals surface area contributed by atoms with Crippen molar-refractivity contribution in [3.05, 3.63) is 107 Å². The minimum absolute atomic E-state index is 0.0116. The Morgan fingerprint density at radius 3 is 2.42 bits per heavy atom. The SMILES string of the molecule is C[C@@H](OC[C@H](O)CNC(C)(C)Cc1ccc2ccccc2c1)c1ccccc1-c1cc(C(=O)O)ccc1F. The van der Waals surface area contributed by atoms with Gasteiger partial charge in [-0.1, -0.05) is 66.7 Å². The monoisotopic (exact) mass is 515 g/mol. The van der Waals surface area contributed by atoms with Gasteiger partial charge in [0.15, 0.2) is 0 Å². The van der Waals surface area contributed by atoms with Crippen molar-refractivity contribution in [1.29, 1.82) is 0 Å². The average molecular weight is 516 g/mol. The lowest BCUT2D eigenvalue weighted by Gasteiger charge is -2.28. The Morgan fingerprint density at radius 2 is 1.66 bits per heavy atom. The van der Waals surface area contributed by atoms with E-state index in [2.05, 4.69) is 49.5 Å². The van der Waals surface area contributed by atoms with E-state index in [0.29, 0.717) is 17.7 Å². The molecule has 0 saturated heterocycles. The topological polar surface area (TPSA) is 78.8 Å². The van der Waals surface area contributed by atoms with E-state index in [-0.39, 0.29) is 23.3 Å². The van der Waals surface area contributed by atoms with E-state index in [1.807, 2.05) is 31.2 Å². The number of carboxylic acids is 1. The number of rotatable bonds is 11. The number of halogens is 1. The second-order valence-corrected chi connectivity index (χ2v) is 10.3. The highest BCUT2D eigenvalue weighted by Crippen LogP contribution is 2.32. The van der Waals surface area contributed by atoms with Gasteiger partial charge in [-0.15, -0.1) is 0 Å².